The molecule has 3 rings (SSSR count). The quantitative estimate of drug-likeness (QED) is 0.729. The van der Waals surface area contributed by atoms with Gasteiger partial charge < -0.3 is 16.0 Å². The zero-order valence-electron chi connectivity index (χ0n) is 15.2. The van der Waals surface area contributed by atoms with Gasteiger partial charge in [0, 0.05) is 41.8 Å². The molecule has 0 bridgehead atoms. The number of hydrogen-bond donors (Lipinski definition) is 3. The number of benzene rings is 1. The predicted molar refractivity (Wildman–Crippen MR) is 107 cm³/mol. The number of piperidine rings is 2. The zero-order chi connectivity index (χ0) is 18.5. The molecule has 2 heterocycles. The topological polar surface area (TPSA) is 56.4 Å². The Bertz CT molecular complexity index is 599. The molecule has 2 aliphatic rings. The van der Waals surface area contributed by atoms with Crippen LogP contribution in [0.1, 0.15) is 31.7 Å². The smallest absolute Gasteiger partial charge is 0.315 e. The van der Waals surface area contributed by atoms with E-state index in [4.69, 9.17) is 23.2 Å². The summed E-state index contributed by atoms with van der Waals surface area (Å²) in [5, 5.41) is 11.0. The lowest BCUT2D eigenvalue weighted by atomic mass is 9.95. The van der Waals surface area contributed by atoms with Crippen molar-refractivity contribution in [1.82, 2.24) is 20.9 Å². The van der Waals surface area contributed by atoms with Crippen LogP contribution in [-0.2, 0) is 6.54 Å². The molecule has 2 amide bonds. The second-order valence-corrected chi connectivity index (χ2v) is 8.40. The number of hydrogen-bond acceptors (Lipinski definition) is 3. The average molecular weight is 399 g/mol. The standard InChI is InChI=1S/C19H28Cl2N4O/c1-13-11-22-5-2-18(13)24-19(26)23-17-3-6-25(7-4-17)12-14-8-15(20)10-16(21)9-14/h8-10,13,17-18,22H,2-7,11-12H2,1H3,(H2,23,24,26). The number of nitrogens with one attached hydrogen (secondary N) is 3. The molecule has 2 atom stereocenters. The lowest BCUT2D eigenvalue weighted by Crippen LogP contribution is -2.54. The third-order valence-corrected chi connectivity index (χ3v) is 5.79. The first-order valence-electron chi connectivity index (χ1n) is 9.44. The van der Waals surface area contributed by atoms with Crippen molar-refractivity contribution < 1.29 is 4.79 Å². The maximum Gasteiger partial charge on any atom is 0.315 e. The molecule has 2 aliphatic heterocycles. The van der Waals surface area contributed by atoms with Gasteiger partial charge in [0.1, 0.15) is 0 Å². The number of halogens is 2. The van der Waals surface area contributed by atoms with Gasteiger partial charge in [-0.2, -0.15) is 0 Å². The van der Waals surface area contributed by atoms with Gasteiger partial charge in [-0.05, 0) is 62.0 Å². The average Bonchev–Trinajstić information content (AvgIpc) is 2.58. The molecule has 1 aromatic rings. The summed E-state index contributed by atoms with van der Waals surface area (Å²) in [6.07, 6.45) is 2.92. The van der Waals surface area contributed by atoms with Crippen molar-refractivity contribution in [2.24, 2.45) is 5.92 Å². The molecule has 3 N–H and O–H groups in total. The van der Waals surface area contributed by atoms with Gasteiger partial charge in [-0.3, -0.25) is 4.90 Å². The maximum atomic E-state index is 12.3. The molecule has 2 saturated heterocycles. The third kappa shape index (κ3) is 5.74. The molecule has 0 saturated carbocycles. The van der Waals surface area contributed by atoms with Crippen LogP contribution in [0.3, 0.4) is 0 Å². The van der Waals surface area contributed by atoms with E-state index >= 15 is 0 Å². The number of carbonyl (C=O) groups excluding carboxylic acids is 1. The molecule has 0 aliphatic carbocycles. The van der Waals surface area contributed by atoms with E-state index in [1.54, 1.807) is 6.07 Å². The van der Waals surface area contributed by atoms with Gasteiger partial charge in [-0.1, -0.05) is 30.1 Å². The number of carbonyl (C=O) groups is 1. The highest BCUT2D eigenvalue weighted by Gasteiger charge is 2.25. The maximum absolute atomic E-state index is 12.3. The number of amides is 2. The van der Waals surface area contributed by atoms with Crippen molar-refractivity contribution >= 4 is 29.2 Å². The number of likely N-dealkylation sites (tertiary alicyclic amines) is 1. The van der Waals surface area contributed by atoms with Crippen LogP contribution < -0.4 is 16.0 Å². The molecule has 2 fully saturated rings. The fourth-order valence-electron chi connectivity index (χ4n) is 3.82. The molecule has 7 heteroatoms. The minimum atomic E-state index is -0.0242. The molecule has 2 unspecified atom stereocenters. The summed E-state index contributed by atoms with van der Waals surface area (Å²) in [6.45, 7) is 6.87. The first-order chi connectivity index (χ1) is 12.5. The summed E-state index contributed by atoms with van der Waals surface area (Å²) < 4.78 is 0. The van der Waals surface area contributed by atoms with Crippen molar-refractivity contribution in [3.63, 3.8) is 0 Å². The van der Waals surface area contributed by atoms with Crippen molar-refractivity contribution in [1.29, 1.82) is 0 Å². The van der Waals surface area contributed by atoms with Gasteiger partial charge in [-0.15, -0.1) is 0 Å². The fourth-order valence-corrected chi connectivity index (χ4v) is 4.39. The lowest BCUT2D eigenvalue weighted by Gasteiger charge is -2.34. The molecule has 26 heavy (non-hydrogen) atoms. The van der Waals surface area contributed by atoms with E-state index in [0.29, 0.717) is 16.0 Å². The molecular formula is C19H28Cl2N4O. The van der Waals surface area contributed by atoms with Crippen molar-refractivity contribution in [3.8, 4) is 0 Å². The molecule has 0 spiro atoms. The number of urea groups is 1. The summed E-state index contributed by atoms with van der Waals surface area (Å²) in [5.41, 5.74) is 1.13. The van der Waals surface area contributed by atoms with E-state index in [0.717, 1.165) is 57.5 Å². The largest absolute Gasteiger partial charge is 0.335 e. The monoisotopic (exact) mass is 398 g/mol. The Kier molecular flexibility index (Phi) is 7.04. The molecule has 0 radical (unpaired) electrons. The second kappa shape index (κ2) is 9.27. The summed E-state index contributed by atoms with van der Waals surface area (Å²) in [7, 11) is 0. The van der Waals surface area contributed by atoms with E-state index in [1.807, 2.05) is 12.1 Å². The summed E-state index contributed by atoms with van der Waals surface area (Å²) in [6, 6.07) is 6.17. The fraction of sp³-hybridized carbons (Fsp3) is 0.632. The van der Waals surface area contributed by atoms with Gasteiger partial charge in [0.2, 0.25) is 0 Å². The van der Waals surface area contributed by atoms with Gasteiger partial charge in [0.05, 0.1) is 0 Å². The molecule has 0 aromatic heterocycles. The van der Waals surface area contributed by atoms with Crippen LogP contribution in [0.5, 0.6) is 0 Å². The molecule has 1 aromatic carbocycles. The first kappa shape index (κ1) is 19.7. The highest BCUT2D eigenvalue weighted by Crippen LogP contribution is 2.21. The van der Waals surface area contributed by atoms with Crippen LogP contribution in [0, 0.1) is 5.92 Å². The van der Waals surface area contributed by atoms with Gasteiger partial charge >= 0.3 is 6.03 Å². The van der Waals surface area contributed by atoms with Gasteiger partial charge in [0.25, 0.3) is 0 Å². The molecule has 5 nitrogen and oxygen atoms in total. The minimum absolute atomic E-state index is 0.0242. The SMILES string of the molecule is CC1CNCCC1NC(=O)NC1CCN(Cc2cc(Cl)cc(Cl)c2)CC1. The minimum Gasteiger partial charge on any atom is -0.335 e. The number of rotatable bonds is 4. The Morgan fingerprint density at radius 1 is 1.15 bits per heavy atom. The van der Waals surface area contributed by atoms with Gasteiger partial charge in [-0.25, -0.2) is 4.79 Å². The predicted octanol–water partition coefficient (Wildman–Crippen LogP) is 3.26. The third-order valence-electron chi connectivity index (χ3n) is 5.35. The van der Waals surface area contributed by atoms with E-state index in [2.05, 4.69) is 27.8 Å². The Morgan fingerprint density at radius 3 is 2.50 bits per heavy atom. The summed E-state index contributed by atoms with van der Waals surface area (Å²) in [5.74, 6) is 0.473. The first-order valence-corrected chi connectivity index (χ1v) is 10.2. The van der Waals surface area contributed by atoms with E-state index in [9.17, 15) is 4.79 Å². The van der Waals surface area contributed by atoms with Gasteiger partial charge in [0.15, 0.2) is 0 Å². The van der Waals surface area contributed by atoms with E-state index < -0.39 is 0 Å². The Labute approximate surface area is 165 Å². The molecular weight excluding hydrogens is 371 g/mol. The Hall–Kier alpha value is -1.01. The van der Waals surface area contributed by atoms with Crippen LogP contribution in [-0.4, -0.2) is 49.2 Å². The second-order valence-electron chi connectivity index (χ2n) is 7.52. The van der Waals surface area contributed by atoms with Crippen LogP contribution in [0.15, 0.2) is 18.2 Å². The van der Waals surface area contributed by atoms with Crippen LogP contribution in [0.2, 0.25) is 10.0 Å². The zero-order valence-corrected chi connectivity index (χ0v) is 16.7. The number of nitrogens with zero attached hydrogens (tertiary/aromatic N) is 1. The summed E-state index contributed by atoms with van der Waals surface area (Å²) >= 11 is 12.2. The van der Waals surface area contributed by atoms with E-state index in [-0.39, 0.29) is 18.1 Å². The molecule has 144 valence electrons. The lowest BCUT2D eigenvalue weighted by molar-refractivity contribution is 0.183. The van der Waals surface area contributed by atoms with Crippen molar-refractivity contribution in [3.05, 3.63) is 33.8 Å². The van der Waals surface area contributed by atoms with Crippen LogP contribution in [0.4, 0.5) is 4.79 Å². The van der Waals surface area contributed by atoms with Crippen molar-refractivity contribution in [2.45, 2.75) is 44.8 Å². The Balaban J connectivity index is 1.41. The normalized spacial score (nSPS) is 25.0. The highest BCUT2D eigenvalue weighted by molar-refractivity contribution is 6.34. The van der Waals surface area contributed by atoms with Crippen molar-refractivity contribution in [2.75, 3.05) is 26.2 Å². The Morgan fingerprint density at radius 2 is 1.85 bits per heavy atom. The van der Waals surface area contributed by atoms with E-state index in [1.165, 1.54) is 0 Å². The highest BCUT2D eigenvalue weighted by atomic mass is 35.5. The summed E-state index contributed by atoms with van der Waals surface area (Å²) in [4.78, 5) is 14.7. The van der Waals surface area contributed by atoms with Crippen LogP contribution in [0.25, 0.3) is 0 Å². The van der Waals surface area contributed by atoms with Crippen LogP contribution >= 0.6 is 23.2 Å².